The monoisotopic (exact) mass is 211 g/mol. The minimum absolute atomic E-state index is 0.114. The molecule has 0 aliphatic heterocycles. The molecule has 1 aromatic rings. The Balaban J connectivity index is 3.10. The van der Waals surface area contributed by atoms with Crippen LogP contribution in [-0.2, 0) is 11.0 Å². The van der Waals surface area contributed by atoms with Crippen LogP contribution in [0.3, 0.4) is 0 Å². The molecule has 3 heteroatoms. The van der Waals surface area contributed by atoms with Crippen LogP contribution >= 0.6 is 7.14 Å². The van der Waals surface area contributed by atoms with Crippen molar-refractivity contribution >= 4 is 12.4 Å². The molecule has 2 N–H and O–H groups in total. The van der Waals surface area contributed by atoms with Crippen molar-refractivity contribution in [3.05, 3.63) is 29.8 Å². The van der Waals surface area contributed by atoms with Crippen LogP contribution in [0.1, 0.15) is 12.5 Å². The Labute approximate surface area is 85.9 Å². The maximum absolute atomic E-state index is 12.0. The van der Waals surface area contributed by atoms with Crippen LogP contribution in [0.4, 0.5) is 0 Å². The first kappa shape index (κ1) is 11.5. The lowest BCUT2D eigenvalue weighted by Crippen LogP contribution is -2.22. The van der Waals surface area contributed by atoms with E-state index < -0.39 is 7.14 Å². The van der Waals surface area contributed by atoms with Gasteiger partial charge in [-0.2, -0.15) is 0 Å². The van der Waals surface area contributed by atoms with Crippen LogP contribution in [0.15, 0.2) is 24.3 Å². The lowest BCUT2D eigenvalue weighted by atomic mass is 10.1. The van der Waals surface area contributed by atoms with E-state index in [2.05, 4.69) is 0 Å². The van der Waals surface area contributed by atoms with E-state index in [-0.39, 0.29) is 6.04 Å². The van der Waals surface area contributed by atoms with Gasteiger partial charge in [-0.05, 0) is 32.2 Å². The highest BCUT2D eigenvalue weighted by molar-refractivity contribution is 7.70. The molecule has 0 aromatic heterocycles. The number of hydrogen-bond donors (Lipinski definition) is 1. The molecule has 0 saturated carbocycles. The predicted molar refractivity (Wildman–Crippen MR) is 62.9 cm³/mol. The Bertz CT molecular complexity index is 354. The molecular weight excluding hydrogens is 193 g/mol. The smallest absolute Gasteiger partial charge is 0.110 e. The van der Waals surface area contributed by atoms with Crippen molar-refractivity contribution in [3.63, 3.8) is 0 Å². The molecular formula is C11H18NOP. The molecule has 1 unspecified atom stereocenters. The number of nitrogens with two attached hydrogens (primary N) is 1. The third-order valence-corrected chi connectivity index (χ3v) is 3.71. The highest BCUT2D eigenvalue weighted by Crippen LogP contribution is 2.35. The van der Waals surface area contributed by atoms with Gasteiger partial charge in [0.1, 0.15) is 7.14 Å². The molecule has 0 amide bonds. The Kier molecular flexibility index (Phi) is 3.52. The van der Waals surface area contributed by atoms with E-state index in [4.69, 9.17) is 5.73 Å². The van der Waals surface area contributed by atoms with E-state index in [0.29, 0.717) is 0 Å². The first-order valence-corrected chi connectivity index (χ1v) is 7.40. The fourth-order valence-corrected chi connectivity index (χ4v) is 2.86. The molecule has 0 radical (unpaired) electrons. The summed E-state index contributed by atoms with van der Waals surface area (Å²) in [6.07, 6.45) is 0.793. The lowest BCUT2D eigenvalue weighted by Gasteiger charge is -2.14. The zero-order chi connectivity index (χ0) is 10.8. The summed E-state index contributed by atoms with van der Waals surface area (Å²) in [4.78, 5) is 0. The average Bonchev–Trinajstić information content (AvgIpc) is 2.01. The molecule has 1 aromatic carbocycles. The van der Waals surface area contributed by atoms with Crippen molar-refractivity contribution in [2.24, 2.45) is 5.73 Å². The highest BCUT2D eigenvalue weighted by atomic mass is 31.2. The fourth-order valence-electron chi connectivity index (χ4n) is 1.56. The molecule has 0 spiro atoms. The normalized spacial score (nSPS) is 14.0. The van der Waals surface area contributed by atoms with Gasteiger partial charge in [0.2, 0.25) is 0 Å². The van der Waals surface area contributed by atoms with Gasteiger partial charge in [-0.25, -0.2) is 0 Å². The lowest BCUT2D eigenvalue weighted by molar-refractivity contribution is 0.588. The molecule has 0 bridgehead atoms. The van der Waals surface area contributed by atoms with Gasteiger partial charge in [0.15, 0.2) is 0 Å². The number of rotatable bonds is 3. The predicted octanol–water partition coefficient (Wildman–Crippen LogP) is 1.82. The van der Waals surface area contributed by atoms with E-state index in [9.17, 15) is 4.57 Å². The van der Waals surface area contributed by atoms with Gasteiger partial charge in [0.25, 0.3) is 0 Å². The summed E-state index contributed by atoms with van der Waals surface area (Å²) in [5.74, 6) is 0. The molecule has 0 aliphatic rings. The Morgan fingerprint density at radius 1 is 1.36 bits per heavy atom. The molecule has 14 heavy (non-hydrogen) atoms. The highest BCUT2D eigenvalue weighted by Gasteiger charge is 2.15. The van der Waals surface area contributed by atoms with Crippen molar-refractivity contribution in [1.82, 2.24) is 0 Å². The molecule has 1 rings (SSSR count). The standard InChI is InChI=1S/C11H18NOP/c1-9(12)8-10-6-4-5-7-11(10)14(2,3)13/h4-7,9H,8,12H2,1-3H3. The topological polar surface area (TPSA) is 43.1 Å². The molecule has 0 saturated heterocycles. The Morgan fingerprint density at radius 3 is 2.43 bits per heavy atom. The first-order chi connectivity index (χ1) is 6.41. The van der Waals surface area contributed by atoms with Gasteiger partial charge >= 0.3 is 0 Å². The van der Waals surface area contributed by atoms with Crippen LogP contribution in [-0.4, -0.2) is 19.4 Å². The van der Waals surface area contributed by atoms with E-state index in [1.54, 1.807) is 13.3 Å². The molecule has 0 aliphatic carbocycles. The van der Waals surface area contributed by atoms with E-state index in [1.807, 2.05) is 31.2 Å². The van der Waals surface area contributed by atoms with Crippen LogP contribution in [0.2, 0.25) is 0 Å². The maximum atomic E-state index is 12.0. The number of benzene rings is 1. The average molecular weight is 211 g/mol. The van der Waals surface area contributed by atoms with Gasteiger partial charge in [0, 0.05) is 11.3 Å². The van der Waals surface area contributed by atoms with Crippen molar-refractivity contribution in [2.75, 3.05) is 13.3 Å². The first-order valence-electron chi connectivity index (χ1n) is 4.80. The summed E-state index contributed by atoms with van der Waals surface area (Å²) in [6, 6.07) is 7.97. The SMILES string of the molecule is CC(N)Cc1ccccc1P(C)(C)=O. The molecule has 1 atom stereocenters. The van der Waals surface area contributed by atoms with Gasteiger partial charge in [-0.15, -0.1) is 0 Å². The second-order valence-corrected chi connectivity index (χ2v) is 7.34. The zero-order valence-electron chi connectivity index (χ0n) is 9.03. The maximum Gasteiger partial charge on any atom is 0.110 e. The Hall–Kier alpha value is -0.590. The van der Waals surface area contributed by atoms with E-state index in [0.717, 1.165) is 17.3 Å². The zero-order valence-corrected chi connectivity index (χ0v) is 9.92. The summed E-state index contributed by atoms with van der Waals surface area (Å²) in [5.41, 5.74) is 6.87. The van der Waals surface area contributed by atoms with Crippen LogP contribution in [0.5, 0.6) is 0 Å². The number of hydrogen-bond acceptors (Lipinski definition) is 2. The largest absolute Gasteiger partial charge is 0.328 e. The van der Waals surface area contributed by atoms with E-state index >= 15 is 0 Å². The van der Waals surface area contributed by atoms with Crippen molar-refractivity contribution in [2.45, 2.75) is 19.4 Å². The third-order valence-electron chi connectivity index (χ3n) is 2.11. The van der Waals surface area contributed by atoms with Crippen molar-refractivity contribution in [1.29, 1.82) is 0 Å². The van der Waals surface area contributed by atoms with Crippen LogP contribution in [0, 0.1) is 0 Å². The summed E-state index contributed by atoms with van der Waals surface area (Å²) in [5, 5.41) is 0.970. The summed E-state index contributed by atoms with van der Waals surface area (Å²) in [7, 11) is -2.17. The van der Waals surface area contributed by atoms with Gasteiger partial charge in [-0.3, -0.25) is 0 Å². The minimum atomic E-state index is -2.17. The molecule has 78 valence electrons. The summed E-state index contributed by atoms with van der Waals surface area (Å²) < 4.78 is 12.0. The second kappa shape index (κ2) is 4.29. The molecule has 0 heterocycles. The third kappa shape index (κ3) is 2.97. The molecule has 0 fully saturated rings. The van der Waals surface area contributed by atoms with Gasteiger partial charge in [0.05, 0.1) is 0 Å². The van der Waals surface area contributed by atoms with E-state index in [1.165, 1.54) is 0 Å². The van der Waals surface area contributed by atoms with Gasteiger partial charge < -0.3 is 10.3 Å². The van der Waals surface area contributed by atoms with Crippen LogP contribution in [0.25, 0.3) is 0 Å². The summed E-state index contributed by atoms with van der Waals surface area (Å²) in [6.45, 7) is 5.56. The fraction of sp³-hybridized carbons (Fsp3) is 0.455. The van der Waals surface area contributed by atoms with Gasteiger partial charge in [-0.1, -0.05) is 24.3 Å². The molecule has 2 nitrogen and oxygen atoms in total. The minimum Gasteiger partial charge on any atom is -0.328 e. The van der Waals surface area contributed by atoms with Crippen LogP contribution < -0.4 is 11.0 Å². The summed E-state index contributed by atoms with van der Waals surface area (Å²) >= 11 is 0. The van der Waals surface area contributed by atoms with Crippen molar-refractivity contribution < 1.29 is 4.57 Å². The Morgan fingerprint density at radius 2 is 1.93 bits per heavy atom. The van der Waals surface area contributed by atoms with Crippen molar-refractivity contribution in [3.8, 4) is 0 Å². The quantitative estimate of drug-likeness (QED) is 0.775. The second-order valence-electron chi connectivity index (χ2n) is 4.16.